The van der Waals surface area contributed by atoms with Crippen molar-refractivity contribution in [1.29, 1.82) is 0 Å². The van der Waals surface area contributed by atoms with E-state index in [9.17, 15) is 24.5 Å². The highest BCUT2D eigenvalue weighted by Crippen LogP contribution is 2.32. The molecule has 0 spiro atoms. The van der Waals surface area contributed by atoms with Crippen molar-refractivity contribution in [1.82, 2.24) is 4.90 Å². The maximum atomic E-state index is 12.7. The van der Waals surface area contributed by atoms with E-state index in [4.69, 9.17) is 4.74 Å². The topological polar surface area (TPSA) is 107 Å². The van der Waals surface area contributed by atoms with Crippen LogP contribution >= 0.6 is 0 Å². The van der Waals surface area contributed by atoms with Crippen molar-refractivity contribution < 1.29 is 24.0 Å². The number of benzene rings is 2. The van der Waals surface area contributed by atoms with Crippen LogP contribution in [0.25, 0.3) is 0 Å². The molecule has 0 unspecified atom stereocenters. The van der Waals surface area contributed by atoms with E-state index in [0.717, 1.165) is 6.42 Å². The van der Waals surface area contributed by atoms with Crippen LogP contribution in [0.3, 0.4) is 0 Å². The molecule has 1 aliphatic carbocycles. The molecule has 0 aromatic heterocycles. The van der Waals surface area contributed by atoms with Gasteiger partial charge in [0.1, 0.15) is 6.10 Å². The first-order valence-electron chi connectivity index (χ1n) is 9.38. The largest absolute Gasteiger partial charge is 0.459 e. The minimum Gasteiger partial charge on any atom is -0.459 e. The molecule has 4 rings (SSSR count). The molecular weight excluding hydrogens is 376 g/mol. The van der Waals surface area contributed by atoms with Crippen LogP contribution in [0.5, 0.6) is 0 Å². The Kier molecular flexibility index (Phi) is 4.84. The molecule has 8 nitrogen and oxygen atoms in total. The first-order chi connectivity index (χ1) is 14.0. The van der Waals surface area contributed by atoms with Gasteiger partial charge in [-0.2, -0.15) is 0 Å². The lowest BCUT2D eigenvalue weighted by Gasteiger charge is -2.33. The number of nitro benzene ring substituents is 1. The molecule has 1 saturated carbocycles. The number of carbonyl (C=O) groups excluding carboxylic acids is 3. The number of fused-ring (bicyclic) bond motifs is 1. The SMILES string of the molecule is O=C(O[C@H]1CCC[C@H](N2C(=O)c3ccccc3C2=O)C1)c1ccc([N+](=O)[O-])cc1. The van der Waals surface area contributed by atoms with Gasteiger partial charge in [0, 0.05) is 24.6 Å². The predicted octanol–water partition coefficient (Wildman–Crippen LogP) is 3.36. The molecule has 0 N–H and O–H groups in total. The van der Waals surface area contributed by atoms with Crippen molar-refractivity contribution in [3.63, 3.8) is 0 Å². The highest BCUT2D eigenvalue weighted by atomic mass is 16.6. The second-order valence-corrected chi connectivity index (χ2v) is 7.18. The molecule has 1 fully saturated rings. The van der Waals surface area contributed by atoms with Crippen LogP contribution in [0.1, 0.15) is 56.8 Å². The van der Waals surface area contributed by atoms with Crippen molar-refractivity contribution in [3.05, 3.63) is 75.3 Å². The Bertz CT molecular complexity index is 965. The number of esters is 1. The maximum absolute atomic E-state index is 12.7. The van der Waals surface area contributed by atoms with Crippen molar-refractivity contribution >= 4 is 23.5 Å². The van der Waals surface area contributed by atoms with E-state index in [1.807, 2.05) is 0 Å². The highest BCUT2D eigenvalue weighted by molar-refractivity contribution is 6.21. The minimum absolute atomic E-state index is 0.107. The van der Waals surface area contributed by atoms with Gasteiger partial charge in [-0.05, 0) is 43.5 Å². The van der Waals surface area contributed by atoms with Gasteiger partial charge < -0.3 is 4.74 Å². The van der Waals surface area contributed by atoms with Gasteiger partial charge >= 0.3 is 5.97 Å². The van der Waals surface area contributed by atoms with Crippen molar-refractivity contribution in [2.45, 2.75) is 37.8 Å². The van der Waals surface area contributed by atoms with Crippen molar-refractivity contribution in [2.75, 3.05) is 0 Å². The summed E-state index contributed by atoms with van der Waals surface area (Å²) in [5.74, 6) is -1.19. The second kappa shape index (κ2) is 7.46. The van der Waals surface area contributed by atoms with E-state index >= 15 is 0 Å². The smallest absolute Gasteiger partial charge is 0.338 e. The summed E-state index contributed by atoms with van der Waals surface area (Å²) in [7, 11) is 0. The van der Waals surface area contributed by atoms with Gasteiger partial charge in [0.2, 0.25) is 0 Å². The zero-order chi connectivity index (χ0) is 20.5. The second-order valence-electron chi connectivity index (χ2n) is 7.18. The Balaban J connectivity index is 1.44. The Labute approximate surface area is 166 Å². The average molecular weight is 394 g/mol. The van der Waals surface area contributed by atoms with E-state index in [1.54, 1.807) is 24.3 Å². The summed E-state index contributed by atoms with van der Waals surface area (Å²) in [6.07, 6.45) is 1.97. The molecule has 1 heterocycles. The van der Waals surface area contributed by atoms with Crippen LogP contribution in [-0.2, 0) is 4.74 Å². The lowest BCUT2D eigenvalue weighted by atomic mass is 9.91. The van der Waals surface area contributed by atoms with Crippen LogP contribution < -0.4 is 0 Å². The van der Waals surface area contributed by atoms with Gasteiger partial charge in [-0.1, -0.05) is 12.1 Å². The number of rotatable bonds is 4. The van der Waals surface area contributed by atoms with E-state index in [0.29, 0.717) is 30.4 Å². The van der Waals surface area contributed by atoms with Gasteiger partial charge in [-0.25, -0.2) is 4.79 Å². The molecule has 2 aliphatic rings. The van der Waals surface area contributed by atoms with Gasteiger partial charge in [-0.3, -0.25) is 24.6 Å². The van der Waals surface area contributed by atoms with E-state index < -0.39 is 17.0 Å². The summed E-state index contributed by atoms with van der Waals surface area (Å²) < 4.78 is 5.56. The maximum Gasteiger partial charge on any atom is 0.338 e. The number of ether oxygens (including phenoxy) is 1. The van der Waals surface area contributed by atoms with E-state index in [-0.39, 0.29) is 29.1 Å². The Morgan fingerprint density at radius 2 is 1.62 bits per heavy atom. The fraction of sp³-hybridized carbons (Fsp3) is 0.286. The molecule has 2 aromatic carbocycles. The summed E-state index contributed by atoms with van der Waals surface area (Å²) in [6, 6.07) is 11.6. The molecule has 2 amide bonds. The molecule has 2 aromatic rings. The summed E-state index contributed by atoms with van der Waals surface area (Å²) in [6.45, 7) is 0. The van der Waals surface area contributed by atoms with Crippen LogP contribution in [0, 0.1) is 10.1 Å². The molecule has 8 heteroatoms. The van der Waals surface area contributed by atoms with Gasteiger partial charge in [0.05, 0.1) is 21.6 Å². The third kappa shape index (κ3) is 3.49. The fourth-order valence-electron chi connectivity index (χ4n) is 3.94. The molecule has 2 atom stereocenters. The first kappa shape index (κ1) is 18.8. The van der Waals surface area contributed by atoms with Crippen LogP contribution in [0.4, 0.5) is 5.69 Å². The Morgan fingerprint density at radius 3 is 2.21 bits per heavy atom. The monoisotopic (exact) mass is 394 g/mol. The van der Waals surface area contributed by atoms with Gasteiger partial charge in [0.25, 0.3) is 17.5 Å². The number of non-ortho nitro benzene ring substituents is 1. The standard InChI is InChI=1S/C21H18N2O6/c24-19-17-6-1-2-7-18(17)20(25)22(19)15-4-3-5-16(12-15)29-21(26)13-8-10-14(11-9-13)23(27)28/h1-2,6-11,15-16H,3-5,12H2/t15-,16-/m0/s1. The van der Waals surface area contributed by atoms with Crippen molar-refractivity contribution in [3.8, 4) is 0 Å². The van der Waals surface area contributed by atoms with Crippen LogP contribution in [-0.4, -0.2) is 39.8 Å². The number of amides is 2. The number of carbonyl (C=O) groups is 3. The summed E-state index contributed by atoms with van der Waals surface area (Å²) in [4.78, 5) is 49.2. The summed E-state index contributed by atoms with van der Waals surface area (Å²) >= 11 is 0. The Morgan fingerprint density at radius 1 is 1.00 bits per heavy atom. The highest BCUT2D eigenvalue weighted by Gasteiger charge is 2.41. The third-order valence-electron chi connectivity index (χ3n) is 5.38. The number of hydrogen-bond donors (Lipinski definition) is 0. The molecule has 0 radical (unpaired) electrons. The van der Waals surface area contributed by atoms with Crippen molar-refractivity contribution in [2.24, 2.45) is 0 Å². The number of nitro groups is 1. The van der Waals surface area contributed by atoms with Gasteiger partial charge in [-0.15, -0.1) is 0 Å². The molecule has 0 saturated heterocycles. The summed E-state index contributed by atoms with van der Waals surface area (Å²) in [5.41, 5.74) is 0.924. The predicted molar refractivity (Wildman–Crippen MR) is 101 cm³/mol. The molecular formula is C21H18N2O6. The summed E-state index contributed by atoms with van der Waals surface area (Å²) in [5, 5.41) is 10.7. The number of imide groups is 1. The first-order valence-corrected chi connectivity index (χ1v) is 9.38. The molecule has 1 aliphatic heterocycles. The molecule has 148 valence electrons. The van der Waals surface area contributed by atoms with E-state index in [1.165, 1.54) is 29.2 Å². The lowest BCUT2D eigenvalue weighted by Crippen LogP contribution is -2.44. The molecule has 29 heavy (non-hydrogen) atoms. The zero-order valence-corrected chi connectivity index (χ0v) is 15.4. The average Bonchev–Trinajstić information content (AvgIpc) is 2.99. The lowest BCUT2D eigenvalue weighted by molar-refractivity contribution is -0.384. The minimum atomic E-state index is -0.576. The zero-order valence-electron chi connectivity index (χ0n) is 15.4. The van der Waals surface area contributed by atoms with Crippen LogP contribution in [0.15, 0.2) is 48.5 Å². The van der Waals surface area contributed by atoms with Gasteiger partial charge in [0.15, 0.2) is 0 Å². The number of hydrogen-bond acceptors (Lipinski definition) is 6. The number of nitrogens with zero attached hydrogens (tertiary/aromatic N) is 2. The molecule has 0 bridgehead atoms. The normalized spacial score (nSPS) is 21.0. The Hall–Kier alpha value is -3.55. The van der Waals surface area contributed by atoms with E-state index in [2.05, 4.69) is 0 Å². The third-order valence-corrected chi connectivity index (χ3v) is 5.38. The van der Waals surface area contributed by atoms with Crippen LogP contribution in [0.2, 0.25) is 0 Å². The quantitative estimate of drug-likeness (QED) is 0.341. The fourth-order valence-corrected chi connectivity index (χ4v) is 3.94.